The summed E-state index contributed by atoms with van der Waals surface area (Å²) >= 11 is 0. The van der Waals surface area contributed by atoms with E-state index in [1.165, 1.54) is 0 Å². The second-order valence-corrected chi connectivity index (χ2v) is 2.85. The van der Waals surface area contributed by atoms with Crippen molar-refractivity contribution in [2.24, 2.45) is 0 Å². The van der Waals surface area contributed by atoms with Gasteiger partial charge in [-0.15, -0.1) is 0 Å². The highest BCUT2D eigenvalue weighted by atomic mass is 15.1. The lowest BCUT2D eigenvalue weighted by molar-refractivity contribution is 0.965. The highest BCUT2D eigenvalue weighted by Gasteiger charge is 2.05. The molecule has 0 radical (unpaired) electrons. The van der Waals surface area contributed by atoms with Crippen LogP contribution in [0.4, 0.5) is 0 Å². The Morgan fingerprint density at radius 1 is 1.43 bits per heavy atom. The van der Waals surface area contributed by atoms with Crippen LogP contribution in [0.15, 0.2) is 30.9 Å². The number of pyridine rings is 1. The van der Waals surface area contributed by atoms with Crippen molar-refractivity contribution in [2.45, 2.75) is 6.92 Å². The lowest BCUT2D eigenvalue weighted by atomic mass is 10.2. The van der Waals surface area contributed by atoms with Crippen LogP contribution in [0.2, 0.25) is 0 Å². The zero-order valence-corrected chi connectivity index (χ0v) is 7.68. The van der Waals surface area contributed by atoms with Gasteiger partial charge < -0.3 is 4.57 Å². The number of hydrogen-bond donors (Lipinski definition) is 0. The average Bonchev–Trinajstić information content (AvgIpc) is 2.64. The molecule has 0 N–H and O–H groups in total. The van der Waals surface area contributed by atoms with E-state index >= 15 is 0 Å². The van der Waals surface area contributed by atoms with Gasteiger partial charge in [0.25, 0.3) is 0 Å². The number of hydrogen-bond acceptors (Lipinski definition) is 3. The van der Waals surface area contributed by atoms with Crippen LogP contribution in [0, 0.1) is 18.3 Å². The van der Waals surface area contributed by atoms with E-state index in [9.17, 15) is 0 Å². The number of aromatic nitrogens is 3. The van der Waals surface area contributed by atoms with Gasteiger partial charge in [-0.1, -0.05) is 0 Å². The molecule has 0 saturated carbocycles. The molecule has 0 aliphatic rings. The molecule has 14 heavy (non-hydrogen) atoms. The van der Waals surface area contributed by atoms with Crippen LogP contribution in [0.5, 0.6) is 0 Å². The van der Waals surface area contributed by atoms with Gasteiger partial charge in [0.2, 0.25) is 0 Å². The van der Waals surface area contributed by atoms with Crippen LogP contribution in [-0.4, -0.2) is 14.5 Å². The second kappa shape index (κ2) is 3.30. The standard InChI is InChI=1S/C10H8N4/c1-8-13-4-5-14(8)10-2-3-12-7-9(10)6-11/h2-5,7H,1H3. The molecule has 0 atom stereocenters. The molecule has 0 spiro atoms. The molecule has 4 heteroatoms. The Bertz CT molecular complexity index is 493. The Hall–Kier alpha value is -2.15. The highest BCUT2D eigenvalue weighted by Crippen LogP contribution is 2.13. The third-order valence-corrected chi connectivity index (χ3v) is 2.00. The first kappa shape index (κ1) is 8.45. The lowest BCUT2D eigenvalue weighted by Gasteiger charge is -2.05. The van der Waals surface area contributed by atoms with E-state index < -0.39 is 0 Å². The van der Waals surface area contributed by atoms with Crippen molar-refractivity contribution in [1.82, 2.24) is 14.5 Å². The first-order valence-corrected chi connectivity index (χ1v) is 4.17. The molecule has 0 aromatic carbocycles. The van der Waals surface area contributed by atoms with Crippen molar-refractivity contribution < 1.29 is 0 Å². The van der Waals surface area contributed by atoms with Crippen molar-refractivity contribution in [3.05, 3.63) is 42.2 Å². The van der Waals surface area contributed by atoms with Gasteiger partial charge in [0.1, 0.15) is 11.9 Å². The predicted molar refractivity (Wildman–Crippen MR) is 50.8 cm³/mol. The van der Waals surface area contributed by atoms with Crippen LogP contribution >= 0.6 is 0 Å². The van der Waals surface area contributed by atoms with Crippen molar-refractivity contribution in [1.29, 1.82) is 5.26 Å². The molecule has 2 aromatic heterocycles. The molecule has 0 unspecified atom stereocenters. The quantitative estimate of drug-likeness (QED) is 0.674. The SMILES string of the molecule is Cc1nccn1-c1ccncc1C#N. The number of rotatable bonds is 1. The summed E-state index contributed by atoms with van der Waals surface area (Å²) in [6.45, 7) is 1.89. The average molecular weight is 184 g/mol. The van der Waals surface area contributed by atoms with E-state index in [0.29, 0.717) is 5.56 Å². The molecular formula is C10H8N4. The predicted octanol–water partition coefficient (Wildman–Crippen LogP) is 1.45. The third kappa shape index (κ3) is 1.25. The Balaban J connectivity index is 2.64. The van der Waals surface area contributed by atoms with E-state index in [1.54, 1.807) is 24.7 Å². The van der Waals surface area contributed by atoms with Gasteiger partial charge in [-0.05, 0) is 13.0 Å². The molecule has 0 amide bonds. The fourth-order valence-electron chi connectivity index (χ4n) is 1.32. The van der Waals surface area contributed by atoms with E-state index in [4.69, 9.17) is 5.26 Å². The number of aryl methyl sites for hydroxylation is 1. The number of imidazole rings is 1. The molecule has 0 aliphatic carbocycles. The molecule has 0 aliphatic heterocycles. The van der Waals surface area contributed by atoms with Gasteiger partial charge >= 0.3 is 0 Å². The highest BCUT2D eigenvalue weighted by molar-refractivity contribution is 5.47. The molecule has 0 bridgehead atoms. The van der Waals surface area contributed by atoms with Crippen LogP contribution in [-0.2, 0) is 0 Å². The van der Waals surface area contributed by atoms with Crippen molar-refractivity contribution in [2.75, 3.05) is 0 Å². The van der Waals surface area contributed by atoms with Crippen LogP contribution in [0.1, 0.15) is 11.4 Å². The first-order valence-electron chi connectivity index (χ1n) is 4.17. The molecular weight excluding hydrogens is 176 g/mol. The van der Waals surface area contributed by atoms with Crippen LogP contribution < -0.4 is 0 Å². The third-order valence-electron chi connectivity index (χ3n) is 2.00. The van der Waals surface area contributed by atoms with E-state index in [-0.39, 0.29) is 0 Å². The summed E-state index contributed by atoms with van der Waals surface area (Å²) in [5, 5.41) is 8.88. The maximum Gasteiger partial charge on any atom is 0.110 e. The summed E-state index contributed by atoms with van der Waals surface area (Å²) in [6.07, 6.45) is 6.74. The second-order valence-electron chi connectivity index (χ2n) is 2.85. The van der Waals surface area contributed by atoms with Crippen LogP contribution in [0.25, 0.3) is 5.69 Å². The zero-order chi connectivity index (χ0) is 9.97. The number of nitriles is 1. The summed E-state index contributed by atoms with van der Waals surface area (Å²) in [7, 11) is 0. The topological polar surface area (TPSA) is 54.5 Å². The van der Waals surface area contributed by atoms with E-state index in [0.717, 1.165) is 11.5 Å². The van der Waals surface area contributed by atoms with Gasteiger partial charge in [0, 0.05) is 24.8 Å². The van der Waals surface area contributed by atoms with Gasteiger partial charge in [-0.25, -0.2) is 4.98 Å². The molecule has 2 heterocycles. The molecule has 0 saturated heterocycles. The summed E-state index contributed by atoms with van der Waals surface area (Å²) < 4.78 is 1.86. The number of nitrogens with zero attached hydrogens (tertiary/aromatic N) is 4. The van der Waals surface area contributed by atoms with Gasteiger partial charge in [0.15, 0.2) is 0 Å². The minimum atomic E-state index is 0.550. The smallest absolute Gasteiger partial charge is 0.110 e. The summed E-state index contributed by atoms with van der Waals surface area (Å²) in [6, 6.07) is 3.90. The first-order chi connectivity index (χ1) is 6.83. The summed E-state index contributed by atoms with van der Waals surface area (Å²) in [5.74, 6) is 0.854. The largest absolute Gasteiger partial charge is 0.303 e. The Labute approximate surface area is 81.5 Å². The Morgan fingerprint density at radius 2 is 2.29 bits per heavy atom. The normalized spacial score (nSPS) is 9.71. The van der Waals surface area contributed by atoms with Gasteiger partial charge in [0.05, 0.1) is 11.3 Å². The van der Waals surface area contributed by atoms with Crippen molar-refractivity contribution in [3.8, 4) is 11.8 Å². The van der Waals surface area contributed by atoms with E-state index in [2.05, 4.69) is 16.0 Å². The monoisotopic (exact) mass is 184 g/mol. The van der Waals surface area contributed by atoms with Crippen molar-refractivity contribution >= 4 is 0 Å². The van der Waals surface area contributed by atoms with Gasteiger partial charge in [-0.2, -0.15) is 5.26 Å². The van der Waals surface area contributed by atoms with Crippen molar-refractivity contribution in [3.63, 3.8) is 0 Å². The fraction of sp³-hybridized carbons (Fsp3) is 0.100. The molecule has 2 rings (SSSR count). The maximum absolute atomic E-state index is 8.88. The molecule has 0 fully saturated rings. The molecule has 2 aromatic rings. The minimum absolute atomic E-state index is 0.550. The maximum atomic E-state index is 8.88. The lowest BCUT2D eigenvalue weighted by Crippen LogP contribution is -1.98. The molecule has 68 valence electrons. The van der Waals surface area contributed by atoms with Gasteiger partial charge in [-0.3, -0.25) is 4.98 Å². The van der Waals surface area contributed by atoms with E-state index in [1.807, 2.05) is 17.7 Å². The molecule has 4 nitrogen and oxygen atoms in total. The Morgan fingerprint density at radius 3 is 2.93 bits per heavy atom. The Kier molecular flexibility index (Phi) is 1.99. The summed E-state index contributed by atoms with van der Waals surface area (Å²) in [4.78, 5) is 8.00. The van der Waals surface area contributed by atoms with Crippen LogP contribution in [0.3, 0.4) is 0 Å². The fourth-order valence-corrected chi connectivity index (χ4v) is 1.32. The minimum Gasteiger partial charge on any atom is -0.303 e. The zero-order valence-electron chi connectivity index (χ0n) is 7.68. The summed E-state index contributed by atoms with van der Waals surface area (Å²) in [5.41, 5.74) is 1.37.